The van der Waals surface area contributed by atoms with Crippen molar-refractivity contribution in [1.82, 2.24) is 15.3 Å². The van der Waals surface area contributed by atoms with Gasteiger partial charge in [0.15, 0.2) is 0 Å². The van der Waals surface area contributed by atoms with Gasteiger partial charge in [0.05, 0.1) is 16.8 Å². The molecule has 2 aromatic heterocycles. The second-order valence-corrected chi connectivity index (χ2v) is 7.42. The first kappa shape index (κ1) is 18.0. The Morgan fingerprint density at radius 3 is 2.89 bits per heavy atom. The van der Waals surface area contributed by atoms with Gasteiger partial charge in [0.25, 0.3) is 5.91 Å². The highest BCUT2D eigenvalue weighted by molar-refractivity contribution is 9.10. The maximum Gasteiger partial charge on any atom is 0.252 e. The first-order valence-corrected chi connectivity index (χ1v) is 9.60. The van der Waals surface area contributed by atoms with Crippen molar-refractivity contribution < 1.29 is 4.79 Å². The van der Waals surface area contributed by atoms with Crippen molar-refractivity contribution >= 4 is 55.2 Å². The van der Waals surface area contributed by atoms with E-state index < -0.39 is 0 Å². The van der Waals surface area contributed by atoms with Crippen LogP contribution < -0.4 is 11.1 Å². The second kappa shape index (κ2) is 7.31. The molecular formula is C20H16BrClN4O. The Labute approximate surface area is 169 Å². The standard InChI is InChI=1S/C20H16BrClN4O/c21-16-3-1-2-12-14(20(27)24-7-6-23)9-18(26-19(12)16)15-10-25-17-5-4-11(22)8-13(15)17/h1-5,8-10,25H,6-7,23H2,(H,24,27). The molecule has 0 aliphatic carbocycles. The molecule has 27 heavy (non-hydrogen) atoms. The Morgan fingerprint density at radius 2 is 2.07 bits per heavy atom. The third-order valence-corrected chi connectivity index (χ3v) is 5.26. The highest BCUT2D eigenvalue weighted by Gasteiger charge is 2.17. The zero-order valence-corrected chi connectivity index (χ0v) is 16.6. The summed E-state index contributed by atoms with van der Waals surface area (Å²) < 4.78 is 0.826. The number of carbonyl (C=O) groups excluding carboxylic acids is 1. The molecule has 0 saturated heterocycles. The number of para-hydroxylation sites is 1. The fourth-order valence-electron chi connectivity index (χ4n) is 3.13. The Bertz CT molecular complexity index is 1170. The Hall–Kier alpha value is -2.41. The van der Waals surface area contributed by atoms with E-state index in [1.54, 1.807) is 0 Å². The third-order valence-electron chi connectivity index (χ3n) is 4.38. The van der Waals surface area contributed by atoms with Crippen LogP contribution in [0.25, 0.3) is 33.1 Å². The van der Waals surface area contributed by atoms with Crippen molar-refractivity contribution in [2.24, 2.45) is 5.73 Å². The zero-order valence-electron chi connectivity index (χ0n) is 14.2. The van der Waals surface area contributed by atoms with Gasteiger partial charge in [0.2, 0.25) is 0 Å². The first-order chi connectivity index (χ1) is 13.1. The molecule has 0 fully saturated rings. The average Bonchev–Trinajstić information content (AvgIpc) is 3.08. The van der Waals surface area contributed by atoms with E-state index in [-0.39, 0.29) is 5.91 Å². The fourth-order valence-corrected chi connectivity index (χ4v) is 3.75. The van der Waals surface area contributed by atoms with E-state index in [1.165, 1.54) is 0 Å². The maximum atomic E-state index is 12.7. The van der Waals surface area contributed by atoms with Crippen LogP contribution in [-0.4, -0.2) is 29.0 Å². The number of hydrogen-bond donors (Lipinski definition) is 3. The lowest BCUT2D eigenvalue weighted by molar-refractivity contribution is 0.0956. The number of aromatic nitrogens is 2. The van der Waals surface area contributed by atoms with Crippen LogP contribution >= 0.6 is 27.5 Å². The number of pyridine rings is 1. The molecule has 0 radical (unpaired) electrons. The number of amides is 1. The van der Waals surface area contributed by atoms with Gasteiger partial charge in [-0.2, -0.15) is 0 Å². The average molecular weight is 444 g/mol. The molecule has 0 bridgehead atoms. The molecule has 0 unspecified atom stereocenters. The van der Waals surface area contributed by atoms with Crippen molar-refractivity contribution in [3.05, 3.63) is 63.7 Å². The van der Waals surface area contributed by atoms with Crippen molar-refractivity contribution in [3.8, 4) is 11.3 Å². The quantitative estimate of drug-likeness (QED) is 0.434. The number of H-pyrrole nitrogens is 1. The molecule has 0 aliphatic rings. The highest BCUT2D eigenvalue weighted by atomic mass is 79.9. The van der Waals surface area contributed by atoms with Crippen LogP contribution in [0.15, 0.2) is 53.1 Å². The van der Waals surface area contributed by atoms with Crippen LogP contribution in [-0.2, 0) is 0 Å². The summed E-state index contributed by atoms with van der Waals surface area (Å²) in [6.45, 7) is 0.793. The number of benzene rings is 2. The van der Waals surface area contributed by atoms with Crippen LogP contribution in [0, 0.1) is 0 Å². The predicted molar refractivity (Wildman–Crippen MR) is 113 cm³/mol. The van der Waals surface area contributed by atoms with Gasteiger partial charge in [0.1, 0.15) is 0 Å². The van der Waals surface area contributed by atoms with Crippen molar-refractivity contribution in [3.63, 3.8) is 0 Å². The lowest BCUT2D eigenvalue weighted by Crippen LogP contribution is -2.29. The summed E-state index contributed by atoms with van der Waals surface area (Å²) in [5, 5.41) is 5.22. The molecule has 0 atom stereocenters. The zero-order chi connectivity index (χ0) is 19.0. The number of carbonyl (C=O) groups is 1. The topological polar surface area (TPSA) is 83.8 Å². The predicted octanol–water partition coefficient (Wildman–Crippen LogP) is 4.49. The summed E-state index contributed by atoms with van der Waals surface area (Å²) >= 11 is 9.72. The molecule has 4 N–H and O–H groups in total. The largest absolute Gasteiger partial charge is 0.360 e. The summed E-state index contributed by atoms with van der Waals surface area (Å²) in [5.41, 5.74) is 9.35. The van der Waals surface area contributed by atoms with Gasteiger partial charge in [-0.1, -0.05) is 23.7 Å². The van der Waals surface area contributed by atoms with E-state index >= 15 is 0 Å². The first-order valence-electron chi connectivity index (χ1n) is 8.43. The minimum absolute atomic E-state index is 0.176. The normalized spacial score (nSPS) is 11.2. The van der Waals surface area contributed by atoms with Gasteiger partial charge in [-0.3, -0.25) is 4.79 Å². The van der Waals surface area contributed by atoms with Crippen molar-refractivity contribution in [1.29, 1.82) is 0 Å². The number of rotatable bonds is 4. The van der Waals surface area contributed by atoms with E-state index in [0.717, 1.165) is 31.8 Å². The molecule has 5 nitrogen and oxygen atoms in total. The van der Waals surface area contributed by atoms with Crippen molar-refractivity contribution in [2.45, 2.75) is 0 Å². The molecule has 7 heteroatoms. The molecule has 4 aromatic rings. The number of aromatic amines is 1. The smallest absolute Gasteiger partial charge is 0.252 e. The van der Waals surface area contributed by atoms with Gasteiger partial charge < -0.3 is 16.0 Å². The Kier molecular flexibility index (Phi) is 4.86. The molecular weight excluding hydrogens is 428 g/mol. The van der Waals surface area contributed by atoms with E-state index in [4.69, 9.17) is 22.3 Å². The molecule has 1 amide bonds. The minimum Gasteiger partial charge on any atom is -0.360 e. The Morgan fingerprint density at radius 1 is 1.22 bits per heavy atom. The van der Waals surface area contributed by atoms with Crippen molar-refractivity contribution in [2.75, 3.05) is 13.1 Å². The SMILES string of the molecule is NCCNC(=O)c1cc(-c2c[nH]c3ccc(Cl)cc23)nc2c(Br)cccc12. The summed E-state index contributed by atoms with van der Waals surface area (Å²) in [4.78, 5) is 20.8. The molecule has 2 heterocycles. The molecule has 0 saturated carbocycles. The van der Waals surface area contributed by atoms with E-state index in [1.807, 2.05) is 48.7 Å². The summed E-state index contributed by atoms with van der Waals surface area (Å²) in [5.74, 6) is -0.176. The number of nitrogens with one attached hydrogen (secondary N) is 2. The summed E-state index contributed by atoms with van der Waals surface area (Å²) in [7, 11) is 0. The van der Waals surface area contributed by atoms with Crippen LogP contribution in [0.2, 0.25) is 5.02 Å². The number of nitrogens with two attached hydrogens (primary N) is 1. The molecule has 0 aliphatic heterocycles. The van der Waals surface area contributed by atoms with Gasteiger partial charge in [-0.05, 0) is 46.3 Å². The molecule has 2 aromatic carbocycles. The van der Waals surface area contributed by atoms with Crippen LogP contribution in [0.1, 0.15) is 10.4 Å². The van der Waals surface area contributed by atoms with Crippen LogP contribution in [0.4, 0.5) is 0 Å². The van der Waals surface area contributed by atoms with Crippen LogP contribution in [0.5, 0.6) is 0 Å². The van der Waals surface area contributed by atoms with E-state index in [0.29, 0.717) is 29.4 Å². The highest BCUT2D eigenvalue weighted by Crippen LogP contribution is 2.33. The fraction of sp³-hybridized carbons (Fsp3) is 0.100. The maximum absolute atomic E-state index is 12.7. The van der Waals surface area contributed by atoms with E-state index in [2.05, 4.69) is 26.2 Å². The summed E-state index contributed by atoms with van der Waals surface area (Å²) in [6, 6.07) is 13.1. The van der Waals surface area contributed by atoms with Gasteiger partial charge in [0, 0.05) is 50.6 Å². The number of nitrogens with zero attached hydrogens (tertiary/aromatic N) is 1. The molecule has 0 spiro atoms. The number of fused-ring (bicyclic) bond motifs is 2. The number of halogens is 2. The van der Waals surface area contributed by atoms with Gasteiger partial charge in [-0.15, -0.1) is 0 Å². The van der Waals surface area contributed by atoms with Crippen LogP contribution in [0.3, 0.4) is 0 Å². The summed E-state index contributed by atoms with van der Waals surface area (Å²) in [6.07, 6.45) is 1.88. The monoisotopic (exact) mass is 442 g/mol. The van der Waals surface area contributed by atoms with E-state index in [9.17, 15) is 4.79 Å². The molecule has 4 rings (SSSR count). The minimum atomic E-state index is -0.176. The van der Waals surface area contributed by atoms with Gasteiger partial charge >= 0.3 is 0 Å². The molecule has 136 valence electrons. The lowest BCUT2D eigenvalue weighted by atomic mass is 10.0. The lowest BCUT2D eigenvalue weighted by Gasteiger charge is -2.11. The third kappa shape index (κ3) is 3.32. The van der Waals surface area contributed by atoms with Gasteiger partial charge in [-0.25, -0.2) is 4.98 Å². The Balaban J connectivity index is 1.96. The second-order valence-electron chi connectivity index (χ2n) is 6.13. The number of hydrogen-bond acceptors (Lipinski definition) is 3.